The van der Waals surface area contributed by atoms with Gasteiger partial charge in [0.2, 0.25) is 5.91 Å². The lowest BCUT2D eigenvalue weighted by Gasteiger charge is -2.27. The predicted octanol–water partition coefficient (Wildman–Crippen LogP) is 19.4. The fourth-order valence-electron chi connectivity index (χ4n) is 9.00. The number of carbonyl (C=O) groups is 2. The van der Waals surface area contributed by atoms with Gasteiger partial charge in [0.1, 0.15) is 19.3 Å². The molecule has 3 atom stereocenters. The molecular formula is C65H122N2O7P+. The van der Waals surface area contributed by atoms with Gasteiger partial charge in [-0.1, -0.05) is 242 Å². The molecule has 1 amide bonds. The minimum Gasteiger partial charge on any atom is -0.456 e. The van der Waals surface area contributed by atoms with Gasteiger partial charge in [-0.05, 0) is 96.0 Å². The summed E-state index contributed by atoms with van der Waals surface area (Å²) in [4.78, 5) is 37.7. The lowest BCUT2D eigenvalue weighted by molar-refractivity contribution is -0.870. The van der Waals surface area contributed by atoms with Crippen LogP contribution in [-0.4, -0.2) is 74.3 Å². The van der Waals surface area contributed by atoms with Crippen molar-refractivity contribution in [1.29, 1.82) is 0 Å². The van der Waals surface area contributed by atoms with Crippen molar-refractivity contribution in [1.82, 2.24) is 5.32 Å². The number of phosphoric acid groups is 1. The molecular weight excluding hydrogens is 952 g/mol. The molecule has 0 aliphatic carbocycles. The number of nitrogens with one attached hydrogen (secondary N) is 1. The molecule has 9 nitrogen and oxygen atoms in total. The zero-order chi connectivity index (χ0) is 55.0. The van der Waals surface area contributed by atoms with Gasteiger partial charge in [0.25, 0.3) is 0 Å². The van der Waals surface area contributed by atoms with Crippen molar-refractivity contribution in [3.63, 3.8) is 0 Å². The van der Waals surface area contributed by atoms with Crippen LogP contribution < -0.4 is 5.32 Å². The summed E-state index contributed by atoms with van der Waals surface area (Å²) >= 11 is 0. The summed E-state index contributed by atoms with van der Waals surface area (Å²) in [7, 11) is 1.49. The number of nitrogens with zero attached hydrogens (tertiary/aromatic N) is 1. The summed E-state index contributed by atoms with van der Waals surface area (Å²) < 4.78 is 30.7. The number of amides is 1. The van der Waals surface area contributed by atoms with Crippen LogP contribution in [0.2, 0.25) is 0 Å². The Bertz CT molecular complexity index is 1470. The molecule has 0 aromatic rings. The second-order valence-corrected chi connectivity index (χ2v) is 24.0. The van der Waals surface area contributed by atoms with Crippen molar-refractivity contribution in [3.8, 4) is 0 Å². The minimum atomic E-state index is -4.45. The van der Waals surface area contributed by atoms with Crippen LogP contribution in [0.15, 0.2) is 60.8 Å². The maximum Gasteiger partial charge on any atom is 0.472 e. The standard InChI is InChI=1S/C65H121N2O7P/c1-7-10-13-16-19-22-25-27-29-31-33-35-37-39-42-45-48-51-54-57-64(68)66-62(61-73-75(70,71)72-60-59-67(4,5)6)63(56-53-50-47-44-41-24-21-18-15-12-9-3)74-65(69)58-55-52-49-46-43-40-38-36-34-32-30-28-26-23-20-17-14-11-8-2/h19,22,27-30,33,35,53,56,62-63H,7-18,20-21,23-26,31-32,34,36-52,54-55,57-61H2,1-6H3,(H-,66,68,70,71)/p+1/b22-19-,29-27-,30-28+,35-33-,56-53+. The topological polar surface area (TPSA) is 111 Å². The summed E-state index contributed by atoms with van der Waals surface area (Å²) in [6.45, 7) is 6.98. The van der Waals surface area contributed by atoms with Gasteiger partial charge in [-0.15, -0.1) is 0 Å². The third-order valence-corrected chi connectivity index (χ3v) is 14.9. The number of hydrogen-bond acceptors (Lipinski definition) is 6. The monoisotopic (exact) mass is 1070 g/mol. The largest absolute Gasteiger partial charge is 0.472 e. The highest BCUT2D eigenvalue weighted by molar-refractivity contribution is 7.47. The molecule has 0 saturated heterocycles. The number of quaternary nitrogens is 1. The molecule has 0 bridgehead atoms. The minimum absolute atomic E-state index is 0.0362. The summed E-state index contributed by atoms with van der Waals surface area (Å²) in [5.41, 5.74) is 0. The Morgan fingerprint density at radius 1 is 0.467 bits per heavy atom. The van der Waals surface area contributed by atoms with Crippen molar-refractivity contribution in [2.75, 3.05) is 40.9 Å². The first-order chi connectivity index (χ1) is 36.4. The quantitative estimate of drug-likeness (QED) is 0.0205. The van der Waals surface area contributed by atoms with E-state index in [0.29, 0.717) is 17.4 Å². The number of ether oxygens (including phenoxy) is 1. The molecule has 0 radical (unpaired) electrons. The van der Waals surface area contributed by atoms with Crippen molar-refractivity contribution in [2.45, 2.75) is 303 Å². The summed E-state index contributed by atoms with van der Waals surface area (Å²) in [5, 5.41) is 3.05. The number of rotatable bonds is 57. The second kappa shape index (κ2) is 55.0. The van der Waals surface area contributed by atoms with Gasteiger partial charge in [-0.2, -0.15) is 0 Å². The van der Waals surface area contributed by atoms with Gasteiger partial charge >= 0.3 is 13.8 Å². The van der Waals surface area contributed by atoms with Crippen molar-refractivity contribution in [3.05, 3.63) is 60.8 Å². The van der Waals surface area contributed by atoms with Crippen LogP contribution >= 0.6 is 7.82 Å². The number of phosphoric ester groups is 1. The zero-order valence-electron chi connectivity index (χ0n) is 50.0. The first-order valence-corrected chi connectivity index (χ1v) is 33.1. The zero-order valence-corrected chi connectivity index (χ0v) is 50.9. The molecule has 0 aromatic heterocycles. The lowest BCUT2D eigenvalue weighted by atomic mass is 10.0. The summed E-state index contributed by atoms with van der Waals surface area (Å²) in [5.74, 6) is -0.517. The Morgan fingerprint density at radius 2 is 0.813 bits per heavy atom. The van der Waals surface area contributed by atoms with E-state index in [4.69, 9.17) is 13.8 Å². The highest BCUT2D eigenvalue weighted by Crippen LogP contribution is 2.43. The second-order valence-electron chi connectivity index (χ2n) is 22.6. The number of hydrogen-bond donors (Lipinski definition) is 2. The number of carbonyl (C=O) groups excluding carboxylic acids is 2. The van der Waals surface area contributed by atoms with Crippen LogP contribution in [0.3, 0.4) is 0 Å². The van der Waals surface area contributed by atoms with E-state index in [1.807, 2.05) is 33.3 Å². The maximum atomic E-state index is 13.5. The van der Waals surface area contributed by atoms with Crippen molar-refractivity contribution < 1.29 is 37.3 Å². The third kappa shape index (κ3) is 56.2. The van der Waals surface area contributed by atoms with E-state index in [1.54, 1.807) is 0 Å². The predicted molar refractivity (Wildman–Crippen MR) is 323 cm³/mol. The van der Waals surface area contributed by atoms with Crippen LogP contribution in [0.25, 0.3) is 0 Å². The van der Waals surface area contributed by atoms with Gasteiger partial charge in [0.05, 0.1) is 33.8 Å². The van der Waals surface area contributed by atoms with Crippen LogP contribution in [0.1, 0.15) is 290 Å². The molecule has 0 saturated carbocycles. The molecule has 0 aliphatic heterocycles. The van der Waals surface area contributed by atoms with Gasteiger partial charge in [-0.25, -0.2) is 4.57 Å². The fraction of sp³-hybridized carbons (Fsp3) is 0.815. The molecule has 75 heavy (non-hydrogen) atoms. The van der Waals surface area contributed by atoms with E-state index in [0.717, 1.165) is 83.5 Å². The highest BCUT2D eigenvalue weighted by atomic mass is 31.2. The Balaban J connectivity index is 5.22. The Hall–Kier alpha value is -2.29. The summed E-state index contributed by atoms with van der Waals surface area (Å²) in [6.07, 6.45) is 69.3. The number of likely N-dealkylation sites (N-methyl/N-ethyl adjacent to an activating group) is 1. The lowest BCUT2D eigenvalue weighted by Crippen LogP contribution is -2.47. The molecule has 0 aliphatic rings. The van der Waals surface area contributed by atoms with Crippen molar-refractivity contribution >= 4 is 19.7 Å². The molecule has 0 fully saturated rings. The van der Waals surface area contributed by atoms with Crippen molar-refractivity contribution in [2.24, 2.45) is 0 Å². The number of esters is 1. The molecule has 0 aromatic carbocycles. The molecule has 10 heteroatoms. The van der Waals surface area contributed by atoms with E-state index in [-0.39, 0.29) is 31.5 Å². The van der Waals surface area contributed by atoms with Gasteiger partial charge < -0.3 is 19.4 Å². The van der Waals surface area contributed by atoms with E-state index in [1.165, 1.54) is 173 Å². The molecule has 2 N–H and O–H groups in total. The third-order valence-electron chi connectivity index (χ3n) is 13.9. The van der Waals surface area contributed by atoms with Gasteiger partial charge in [0.15, 0.2) is 0 Å². The Morgan fingerprint density at radius 3 is 1.25 bits per heavy atom. The summed E-state index contributed by atoms with van der Waals surface area (Å²) in [6, 6.07) is -0.856. The van der Waals surface area contributed by atoms with Crippen LogP contribution in [0.5, 0.6) is 0 Å². The van der Waals surface area contributed by atoms with Crippen LogP contribution in [-0.2, 0) is 27.9 Å². The van der Waals surface area contributed by atoms with Gasteiger partial charge in [0, 0.05) is 12.8 Å². The first kappa shape index (κ1) is 72.7. The average molecular weight is 1070 g/mol. The highest BCUT2D eigenvalue weighted by Gasteiger charge is 2.30. The SMILES string of the molecule is CCCCC/C=C\C/C=C\C/C=C\CCCCCCCCC(=O)NC(COP(=O)(O)OCC[N+](C)(C)C)C(/C=C/CCCCCCCCCCC)OC(=O)CCCCCCCCCCC/C=C/CCCCCCCC. The number of unbranched alkanes of at least 4 members (excludes halogenated alkanes) is 33. The van der Waals surface area contributed by atoms with E-state index in [2.05, 4.69) is 74.7 Å². The normalized spacial score (nSPS) is 14.1. The molecule has 0 spiro atoms. The van der Waals surface area contributed by atoms with Crippen LogP contribution in [0.4, 0.5) is 0 Å². The van der Waals surface area contributed by atoms with Crippen LogP contribution in [0, 0.1) is 0 Å². The fourth-order valence-corrected chi connectivity index (χ4v) is 9.74. The molecule has 438 valence electrons. The average Bonchev–Trinajstić information content (AvgIpc) is 3.37. The smallest absolute Gasteiger partial charge is 0.456 e. The van der Waals surface area contributed by atoms with Gasteiger partial charge in [-0.3, -0.25) is 18.6 Å². The maximum absolute atomic E-state index is 13.5. The molecule has 3 unspecified atom stereocenters. The van der Waals surface area contributed by atoms with E-state index < -0.39 is 20.0 Å². The Labute approximate surface area is 464 Å². The first-order valence-electron chi connectivity index (χ1n) is 31.6. The van der Waals surface area contributed by atoms with E-state index in [9.17, 15) is 19.0 Å². The Kier molecular flexibility index (Phi) is 53.4. The van der Waals surface area contributed by atoms with E-state index >= 15 is 0 Å². The number of allylic oxidation sites excluding steroid dienone is 9. The molecule has 0 rings (SSSR count). The molecule has 0 heterocycles.